The van der Waals surface area contributed by atoms with E-state index >= 15 is 0 Å². The summed E-state index contributed by atoms with van der Waals surface area (Å²) in [4.78, 5) is 11.8. The van der Waals surface area contributed by atoms with Crippen LogP contribution in [0.3, 0.4) is 0 Å². The second-order valence-corrected chi connectivity index (χ2v) is 4.77. The van der Waals surface area contributed by atoms with Gasteiger partial charge in [-0.25, -0.2) is 0 Å². The van der Waals surface area contributed by atoms with Gasteiger partial charge in [0.15, 0.2) is 5.78 Å². The van der Waals surface area contributed by atoms with Crippen LogP contribution in [0.2, 0.25) is 0 Å². The quantitative estimate of drug-likeness (QED) is 0.597. The Bertz CT molecular complexity index is 256. The zero-order valence-electron chi connectivity index (χ0n) is 8.14. The minimum atomic E-state index is -0.641. The van der Waals surface area contributed by atoms with Crippen LogP contribution in [0.4, 0.5) is 0 Å². The first-order valence-corrected chi connectivity index (χ1v) is 4.31. The van der Waals surface area contributed by atoms with Crippen molar-refractivity contribution in [2.75, 3.05) is 0 Å². The number of nitrogens with zero attached hydrogens (tertiary/aromatic N) is 1. The molecule has 2 nitrogen and oxygen atoms in total. The molecule has 0 aliphatic heterocycles. The Morgan fingerprint density at radius 2 is 2.00 bits per heavy atom. The molecule has 0 aromatic carbocycles. The molecule has 0 spiro atoms. The summed E-state index contributed by atoms with van der Waals surface area (Å²) in [5, 5.41) is 8.89. The Morgan fingerprint density at radius 3 is 2.08 bits per heavy atom. The lowest BCUT2D eigenvalue weighted by Crippen LogP contribution is -2.29. The van der Waals surface area contributed by atoms with Crippen LogP contribution in [0.1, 0.15) is 34.1 Å². The van der Waals surface area contributed by atoms with Crippen molar-refractivity contribution >= 4 is 5.78 Å². The maximum atomic E-state index is 11.8. The molecule has 12 heavy (non-hydrogen) atoms. The summed E-state index contributed by atoms with van der Waals surface area (Å²) in [6.07, 6.45) is 0.750. The predicted molar refractivity (Wildman–Crippen MR) is 46.3 cm³/mol. The maximum Gasteiger partial charge on any atom is 0.158 e. The second-order valence-electron chi connectivity index (χ2n) is 4.77. The molecule has 1 aliphatic rings. The summed E-state index contributed by atoms with van der Waals surface area (Å²) < 4.78 is 0. The molecule has 1 aliphatic carbocycles. The lowest BCUT2D eigenvalue weighted by Gasteiger charge is -2.20. The first kappa shape index (κ1) is 9.25. The summed E-state index contributed by atoms with van der Waals surface area (Å²) in [5.74, 6) is 0.360. The van der Waals surface area contributed by atoms with Crippen LogP contribution in [-0.4, -0.2) is 5.78 Å². The minimum Gasteiger partial charge on any atom is -0.297 e. The molecule has 1 fully saturated rings. The van der Waals surface area contributed by atoms with E-state index in [1.165, 1.54) is 0 Å². The molecule has 0 radical (unpaired) electrons. The highest BCUT2D eigenvalue weighted by Gasteiger charge is 2.60. The van der Waals surface area contributed by atoms with Crippen molar-refractivity contribution in [1.82, 2.24) is 0 Å². The summed E-state index contributed by atoms with van der Waals surface area (Å²) in [6, 6.07) is 2.16. The van der Waals surface area contributed by atoms with E-state index in [1.54, 1.807) is 0 Å². The minimum absolute atomic E-state index is 0.102. The number of carbonyl (C=O) groups excluding carboxylic acids is 1. The van der Waals surface area contributed by atoms with Crippen LogP contribution >= 0.6 is 0 Å². The summed E-state index contributed by atoms with van der Waals surface area (Å²) in [6.45, 7) is 7.59. The third kappa shape index (κ3) is 1.14. The van der Waals surface area contributed by atoms with Gasteiger partial charge in [0.1, 0.15) is 5.41 Å². The molecule has 1 saturated carbocycles. The van der Waals surface area contributed by atoms with E-state index in [9.17, 15) is 4.79 Å². The van der Waals surface area contributed by atoms with Crippen molar-refractivity contribution in [2.45, 2.75) is 34.1 Å². The predicted octanol–water partition coefficient (Wildman–Crippen LogP) is 2.15. The van der Waals surface area contributed by atoms with Gasteiger partial charge in [-0.3, -0.25) is 4.79 Å². The normalized spacial score (nSPS) is 34.1. The molecule has 0 heterocycles. The summed E-state index contributed by atoms with van der Waals surface area (Å²) in [7, 11) is 0. The Labute approximate surface area is 73.6 Å². The maximum absolute atomic E-state index is 11.8. The zero-order valence-corrected chi connectivity index (χ0v) is 8.14. The molecule has 0 saturated heterocycles. The number of Topliss-reactive ketones (excluding diaryl/α,β-unsaturated/α-hetero) is 1. The molecule has 2 atom stereocenters. The summed E-state index contributed by atoms with van der Waals surface area (Å²) in [5.41, 5.74) is -1.02. The van der Waals surface area contributed by atoms with Gasteiger partial charge in [-0.15, -0.1) is 0 Å². The Morgan fingerprint density at radius 1 is 1.58 bits per heavy atom. The van der Waals surface area contributed by atoms with E-state index in [4.69, 9.17) is 5.26 Å². The van der Waals surface area contributed by atoms with E-state index in [0.717, 1.165) is 6.42 Å². The fourth-order valence-electron chi connectivity index (χ4n) is 1.62. The monoisotopic (exact) mass is 165 g/mol. The molecule has 0 aromatic rings. The Hall–Kier alpha value is -0.840. The summed E-state index contributed by atoms with van der Waals surface area (Å²) >= 11 is 0. The number of carbonyl (C=O) groups is 1. The Kier molecular flexibility index (Phi) is 1.79. The van der Waals surface area contributed by atoms with E-state index in [0.29, 0.717) is 0 Å². The standard InChI is InChI=1S/C10H15NO/c1-7-5-10(7,6-11)8(12)9(2,3)4/h7H,5H2,1-4H3. The highest BCUT2D eigenvalue weighted by molar-refractivity contribution is 5.94. The van der Waals surface area contributed by atoms with Crippen LogP contribution in [-0.2, 0) is 4.79 Å². The smallest absolute Gasteiger partial charge is 0.158 e. The highest BCUT2D eigenvalue weighted by atomic mass is 16.1. The number of rotatable bonds is 1. The zero-order chi connectivity index (χ0) is 9.57. The first-order valence-electron chi connectivity index (χ1n) is 4.31. The van der Waals surface area contributed by atoms with E-state index in [-0.39, 0.29) is 17.1 Å². The first-order chi connectivity index (χ1) is 5.34. The third-order valence-electron chi connectivity index (χ3n) is 2.60. The number of hydrogen-bond donors (Lipinski definition) is 0. The fourth-order valence-corrected chi connectivity index (χ4v) is 1.62. The van der Waals surface area contributed by atoms with Crippen LogP contribution < -0.4 is 0 Å². The number of nitriles is 1. The van der Waals surface area contributed by atoms with Crippen LogP contribution in [0.15, 0.2) is 0 Å². The van der Waals surface area contributed by atoms with Gasteiger partial charge in [-0.1, -0.05) is 27.7 Å². The van der Waals surface area contributed by atoms with Gasteiger partial charge >= 0.3 is 0 Å². The highest BCUT2D eigenvalue weighted by Crippen LogP contribution is 2.55. The van der Waals surface area contributed by atoms with Crippen molar-refractivity contribution in [2.24, 2.45) is 16.7 Å². The van der Waals surface area contributed by atoms with Crippen molar-refractivity contribution < 1.29 is 4.79 Å². The molecule has 0 N–H and O–H groups in total. The van der Waals surface area contributed by atoms with Gasteiger partial charge in [0.2, 0.25) is 0 Å². The topological polar surface area (TPSA) is 40.9 Å². The average molecular weight is 165 g/mol. The van der Waals surface area contributed by atoms with Gasteiger partial charge in [0.05, 0.1) is 6.07 Å². The van der Waals surface area contributed by atoms with Crippen LogP contribution in [0, 0.1) is 28.1 Å². The molecular weight excluding hydrogens is 150 g/mol. The van der Waals surface area contributed by atoms with E-state index in [1.807, 2.05) is 27.7 Å². The van der Waals surface area contributed by atoms with Crippen molar-refractivity contribution in [3.8, 4) is 6.07 Å². The van der Waals surface area contributed by atoms with E-state index in [2.05, 4.69) is 6.07 Å². The molecule has 0 amide bonds. The molecule has 66 valence electrons. The van der Waals surface area contributed by atoms with Crippen molar-refractivity contribution in [1.29, 1.82) is 5.26 Å². The SMILES string of the molecule is CC1CC1(C#N)C(=O)C(C)(C)C. The van der Waals surface area contributed by atoms with Gasteiger partial charge < -0.3 is 0 Å². The van der Waals surface area contributed by atoms with Gasteiger partial charge in [0.25, 0.3) is 0 Å². The number of hydrogen-bond acceptors (Lipinski definition) is 2. The molecule has 2 unspecified atom stereocenters. The van der Waals surface area contributed by atoms with Crippen LogP contribution in [0.25, 0.3) is 0 Å². The third-order valence-corrected chi connectivity index (χ3v) is 2.60. The second kappa shape index (κ2) is 2.32. The molecule has 1 rings (SSSR count). The molecular formula is C10H15NO. The largest absolute Gasteiger partial charge is 0.297 e. The average Bonchev–Trinajstić information content (AvgIpc) is 2.59. The molecule has 0 aromatic heterocycles. The van der Waals surface area contributed by atoms with Gasteiger partial charge in [0, 0.05) is 5.41 Å². The van der Waals surface area contributed by atoms with Crippen molar-refractivity contribution in [3.05, 3.63) is 0 Å². The fraction of sp³-hybridized carbons (Fsp3) is 0.800. The van der Waals surface area contributed by atoms with Gasteiger partial charge in [-0.05, 0) is 12.3 Å². The van der Waals surface area contributed by atoms with Crippen molar-refractivity contribution in [3.63, 3.8) is 0 Å². The molecule has 2 heteroatoms. The lowest BCUT2D eigenvalue weighted by molar-refractivity contribution is -0.130. The van der Waals surface area contributed by atoms with Crippen LogP contribution in [0.5, 0.6) is 0 Å². The molecule has 0 bridgehead atoms. The lowest BCUT2D eigenvalue weighted by atomic mass is 9.81. The Balaban J connectivity index is 2.87. The van der Waals surface area contributed by atoms with E-state index < -0.39 is 5.41 Å². The van der Waals surface area contributed by atoms with Gasteiger partial charge in [-0.2, -0.15) is 5.26 Å². The number of ketones is 1.